The van der Waals surface area contributed by atoms with Gasteiger partial charge in [-0.1, -0.05) is 24.3 Å². The lowest BCUT2D eigenvalue weighted by atomic mass is 10.2. The Morgan fingerprint density at radius 3 is 2.64 bits per heavy atom. The molecule has 6 heteroatoms. The number of phenols is 1. The number of benzene rings is 2. The first-order valence-electron chi connectivity index (χ1n) is 6.89. The zero-order valence-corrected chi connectivity index (χ0v) is 11.9. The van der Waals surface area contributed by atoms with Crippen molar-refractivity contribution in [1.82, 2.24) is 19.6 Å². The Bertz CT molecular complexity index is 992. The molecular formula is C16H13N5O. The monoisotopic (exact) mass is 291 g/mol. The number of para-hydroxylation sites is 3. The van der Waals surface area contributed by atoms with E-state index in [4.69, 9.17) is 0 Å². The van der Waals surface area contributed by atoms with Gasteiger partial charge >= 0.3 is 0 Å². The summed E-state index contributed by atoms with van der Waals surface area (Å²) in [5.74, 6) is 1.46. The van der Waals surface area contributed by atoms with E-state index in [0.717, 1.165) is 22.4 Å². The summed E-state index contributed by atoms with van der Waals surface area (Å²) < 4.78 is 1.84. The summed E-state index contributed by atoms with van der Waals surface area (Å²) in [4.78, 5) is 4.63. The van der Waals surface area contributed by atoms with E-state index in [9.17, 15) is 5.11 Å². The summed E-state index contributed by atoms with van der Waals surface area (Å²) in [6.45, 7) is 1.87. The third-order valence-corrected chi connectivity index (χ3v) is 3.56. The molecule has 108 valence electrons. The van der Waals surface area contributed by atoms with Crippen molar-refractivity contribution in [3.05, 3.63) is 54.4 Å². The first kappa shape index (κ1) is 12.6. The number of aromatic nitrogens is 4. The molecule has 0 atom stereocenters. The van der Waals surface area contributed by atoms with E-state index in [0.29, 0.717) is 11.6 Å². The van der Waals surface area contributed by atoms with Gasteiger partial charge in [-0.05, 0) is 31.2 Å². The van der Waals surface area contributed by atoms with Crippen LogP contribution in [-0.2, 0) is 0 Å². The number of phenolic OH excluding ortho intramolecular Hbond substituents is 1. The van der Waals surface area contributed by atoms with Crippen LogP contribution in [0.1, 0.15) is 5.82 Å². The van der Waals surface area contributed by atoms with Crippen molar-refractivity contribution < 1.29 is 5.11 Å². The molecule has 4 rings (SSSR count). The number of rotatable bonds is 2. The van der Waals surface area contributed by atoms with E-state index >= 15 is 0 Å². The topological polar surface area (TPSA) is 75.3 Å². The van der Waals surface area contributed by atoms with Gasteiger partial charge < -0.3 is 10.4 Å². The second-order valence-corrected chi connectivity index (χ2v) is 5.00. The summed E-state index contributed by atoms with van der Waals surface area (Å²) in [5.41, 5.74) is 2.14. The number of anilines is 2. The number of hydrogen-bond acceptors (Lipinski definition) is 5. The van der Waals surface area contributed by atoms with Gasteiger partial charge in [0.15, 0.2) is 5.65 Å². The van der Waals surface area contributed by atoms with Crippen LogP contribution >= 0.6 is 0 Å². The predicted octanol–water partition coefficient (Wildman–Crippen LogP) is 3.04. The van der Waals surface area contributed by atoms with Gasteiger partial charge in [0.2, 0.25) is 5.95 Å². The number of aryl methyl sites for hydroxylation is 1. The van der Waals surface area contributed by atoms with E-state index < -0.39 is 0 Å². The first-order chi connectivity index (χ1) is 10.7. The van der Waals surface area contributed by atoms with E-state index in [1.54, 1.807) is 18.2 Å². The maximum absolute atomic E-state index is 9.95. The summed E-state index contributed by atoms with van der Waals surface area (Å²) in [6.07, 6.45) is 0. The van der Waals surface area contributed by atoms with Crippen molar-refractivity contribution in [2.75, 3.05) is 5.32 Å². The van der Waals surface area contributed by atoms with E-state index in [1.807, 2.05) is 41.7 Å². The molecule has 2 heterocycles. The van der Waals surface area contributed by atoms with Crippen LogP contribution in [0.2, 0.25) is 0 Å². The number of hydrogen-bond donors (Lipinski definition) is 2. The molecule has 6 nitrogen and oxygen atoms in total. The quantitative estimate of drug-likeness (QED) is 0.555. The zero-order valence-electron chi connectivity index (χ0n) is 11.9. The van der Waals surface area contributed by atoms with Crippen LogP contribution in [0.3, 0.4) is 0 Å². The van der Waals surface area contributed by atoms with Gasteiger partial charge in [-0.25, -0.2) is 9.38 Å². The fourth-order valence-corrected chi connectivity index (χ4v) is 2.50. The lowest BCUT2D eigenvalue weighted by molar-refractivity contribution is 0.477. The van der Waals surface area contributed by atoms with Gasteiger partial charge in [-0.2, -0.15) is 0 Å². The minimum Gasteiger partial charge on any atom is -0.506 e. The highest BCUT2D eigenvalue weighted by atomic mass is 16.3. The normalized spacial score (nSPS) is 11.1. The average Bonchev–Trinajstić information content (AvgIpc) is 2.92. The Hall–Kier alpha value is -3.15. The second kappa shape index (κ2) is 4.70. The first-order valence-corrected chi connectivity index (χ1v) is 6.89. The fourth-order valence-electron chi connectivity index (χ4n) is 2.50. The van der Waals surface area contributed by atoms with Crippen molar-refractivity contribution in [3.8, 4) is 5.75 Å². The minimum absolute atomic E-state index is 0.163. The smallest absolute Gasteiger partial charge is 0.215 e. The SMILES string of the molecule is Cc1nnc2c3ccccc3nc(Nc3ccccc3O)n12. The number of aromatic hydroxyl groups is 1. The second-order valence-electron chi connectivity index (χ2n) is 5.00. The van der Waals surface area contributed by atoms with Gasteiger partial charge in [-0.3, -0.25) is 0 Å². The molecule has 22 heavy (non-hydrogen) atoms. The Morgan fingerprint density at radius 2 is 1.77 bits per heavy atom. The van der Waals surface area contributed by atoms with Crippen molar-refractivity contribution in [3.63, 3.8) is 0 Å². The van der Waals surface area contributed by atoms with Crippen molar-refractivity contribution >= 4 is 28.2 Å². The molecule has 2 aromatic heterocycles. The number of fused-ring (bicyclic) bond motifs is 3. The Morgan fingerprint density at radius 1 is 1.00 bits per heavy atom. The molecule has 0 aliphatic heterocycles. The maximum atomic E-state index is 9.95. The van der Waals surface area contributed by atoms with Crippen molar-refractivity contribution in [2.24, 2.45) is 0 Å². The van der Waals surface area contributed by atoms with E-state index in [2.05, 4.69) is 20.5 Å². The summed E-state index contributed by atoms with van der Waals surface area (Å²) in [6, 6.07) is 14.8. The molecule has 0 bridgehead atoms. The minimum atomic E-state index is 0.163. The lowest BCUT2D eigenvalue weighted by Gasteiger charge is -2.11. The van der Waals surface area contributed by atoms with Crippen LogP contribution in [0.5, 0.6) is 5.75 Å². The molecule has 0 unspecified atom stereocenters. The molecule has 0 aliphatic carbocycles. The van der Waals surface area contributed by atoms with Crippen LogP contribution in [0.4, 0.5) is 11.6 Å². The molecule has 0 aliphatic rings. The highest BCUT2D eigenvalue weighted by Crippen LogP contribution is 2.28. The Labute approximate surface area is 126 Å². The van der Waals surface area contributed by atoms with Gasteiger partial charge in [-0.15, -0.1) is 10.2 Å². The van der Waals surface area contributed by atoms with Crippen LogP contribution in [0.15, 0.2) is 48.5 Å². The van der Waals surface area contributed by atoms with Gasteiger partial charge in [0, 0.05) is 5.39 Å². The molecule has 0 saturated heterocycles. The van der Waals surface area contributed by atoms with Gasteiger partial charge in [0.25, 0.3) is 0 Å². The lowest BCUT2D eigenvalue weighted by Crippen LogP contribution is -2.04. The molecular weight excluding hydrogens is 278 g/mol. The van der Waals surface area contributed by atoms with Crippen molar-refractivity contribution in [2.45, 2.75) is 6.92 Å². The van der Waals surface area contributed by atoms with Crippen LogP contribution < -0.4 is 5.32 Å². The molecule has 2 aromatic carbocycles. The number of nitrogens with one attached hydrogen (secondary N) is 1. The average molecular weight is 291 g/mol. The van der Waals surface area contributed by atoms with E-state index in [1.165, 1.54) is 0 Å². The van der Waals surface area contributed by atoms with E-state index in [-0.39, 0.29) is 5.75 Å². The molecule has 0 saturated carbocycles. The summed E-state index contributed by atoms with van der Waals surface area (Å²) >= 11 is 0. The molecule has 4 aromatic rings. The predicted molar refractivity (Wildman–Crippen MR) is 84.4 cm³/mol. The molecule has 0 fully saturated rings. The van der Waals surface area contributed by atoms with Crippen LogP contribution in [-0.4, -0.2) is 24.7 Å². The maximum Gasteiger partial charge on any atom is 0.215 e. The van der Waals surface area contributed by atoms with Crippen molar-refractivity contribution in [1.29, 1.82) is 0 Å². The third-order valence-electron chi connectivity index (χ3n) is 3.56. The molecule has 0 amide bonds. The number of nitrogens with zero attached hydrogens (tertiary/aromatic N) is 4. The molecule has 2 N–H and O–H groups in total. The van der Waals surface area contributed by atoms with Crippen LogP contribution in [0, 0.1) is 6.92 Å². The highest BCUT2D eigenvalue weighted by Gasteiger charge is 2.13. The molecule has 0 radical (unpaired) electrons. The molecule has 0 spiro atoms. The Balaban J connectivity index is 1.99. The highest BCUT2D eigenvalue weighted by molar-refractivity contribution is 5.92. The third kappa shape index (κ3) is 1.85. The largest absolute Gasteiger partial charge is 0.506 e. The zero-order chi connectivity index (χ0) is 15.1. The Kier molecular flexibility index (Phi) is 2.69. The standard InChI is InChI=1S/C16H13N5O/c1-10-19-20-15-11-6-2-3-7-12(11)17-16(21(10)15)18-13-8-4-5-9-14(13)22/h2-9,22H,1H3,(H,17,18). The summed E-state index contributed by atoms with van der Waals surface area (Å²) in [5, 5.41) is 22.4. The van der Waals surface area contributed by atoms with Crippen LogP contribution in [0.25, 0.3) is 16.6 Å². The van der Waals surface area contributed by atoms with Gasteiger partial charge in [0.1, 0.15) is 11.6 Å². The fraction of sp³-hybridized carbons (Fsp3) is 0.0625. The summed E-state index contributed by atoms with van der Waals surface area (Å²) in [7, 11) is 0. The van der Waals surface area contributed by atoms with Gasteiger partial charge in [0.05, 0.1) is 11.2 Å².